The fourth-order valence-electron chi connectivity index (χ4n) is 1.93. The van der Waals surface area contributed by atoms with Crippen molar-refractivity contribution in [2.75, 3.05) is 5.32 Å². The van der Waals surface area contributed by atoms with Crippen LogP contribution in [0.2, 0.25) is 10.0 Å². The Labute approximate surface area is 165 Å². The maximum Gasteiger partial charge on any atom is 0.312 e. The van der Waals surface area contributed by atoms with Crippen LogP contribution in [0.4, 0.5) is 11.4 Å². The van der Waals surface area contributed by atoms with Gasteiger partial charge >= 0.3 is 5.69 Å². The Morgan fingerprint density at radius 1 is 1.38 bits per heavy atom. The molecule has 0 bridgehead atoms. The SMILES string of the molecule is N#C/C(=C/c1cc(Br)c(O)c([N+](=O)[O-])c1)C(=O)Nc1cccc(Cl)c1Cl. The molecule has 0 unspecified atom stereocenters. The normalized spacial score (nSPS) is 10.9. The molecule has 0 aliphatic carbocycles. The van der Waals surface area contributed by atoms with E-state index in [1.807, 2.05) is 0 Å². The van der Waals surface area contributed by atoms with E-state index >= 15 is 0 Å². The van der Waals surface area contributed by atoms with Crippen molar-refractivity contribution in [1.29, 1.82) is 5.26 Å². The third kappa shape index (κ3) is 4.32. The molecule has 0 radical (unpaired) electrons. The number of carbonyl (C=O) groups excluding carboxylic acids is 1. The summed E-state index contributed by atoms with van der Waals surface area (Å²) in [7, 11) is 0. The average molecular weight is 457 g/mol. The molecule has 0 atom stereocenters. The van der Waals surface area contributed by atoms with Gasteiger partial charge in [-0.2, -0.15) is 5.26 Å². The monoisotopic (exact) mass is 455 g/mol. The van der Waals surface area contributed by atoms with Crippen molar-refractivity contribution >= 4 is 62.5 Å². The zero-order valence-electron chi connectivity index (χ0n) is 12.7. The molecule has 10 heteroatoms. The van der Waals surface area contributed by atoms with E-state index in [1.54, 1.807) is 12.1 Å². The van der Waals surface area contributed by atoms with E-state index in [9.17, 15) is 25.3 Å². The van der Waals surface area contributed by atoms with Crippen molar-refractivity contribution < 1.29 is 14.8 Å². The molecule has 1 amide bonds. The van der Waals surface area contributed by atoms with Crippen LogP contribution in [0, 0.1) is 21.4 Å². The number of aromatic hydroxyl groups is 1. The molecule has 0 aromatic heterocycles. The molecule has 2 rings (SSSR count). The van der Waals surface area contributed by atoms with Crippen molar-refractivity contribution in [3.8, 4) is 11.8 Å². The first-order chi connectivity index (χ1) is 12.2. The molecular weight excluding hydrogens is 449 g/mol. The highest BCUT2D eigenvalue weighted by Gasteiger charge is 2.19. The summed E-state index contributed by atoms with van der Waals surface area (Å²) in [5.74, 6) is -1.33. The Balaban J connectivity index is 2.39. The molecule has 0 saturated carbocycles. The van der Waals surface area contributed by atoms with Crippen LogP contribution in [-0.4, -0.2) is 15.9 Å². The van der Waals surface area contributed by atoms with Crippen LogP contribution in [0.15, 0.2) is 40.4 Å². The maximum absolute atomic E-state index is 12.3. The first-order valence-electron chi connectivity index (χ1n) is 6.78. The van der Waals surface area contributed by atoms with Gasteiger partial charge in [0.2, 0.25) is 5.75 Å². The molecule has 2 N–H and O–H groups in total. The fraction of sp³-hybridized carbons (Fsp3) is 0. The number of nitro groups is 1. The number of amides is 1. The molecular formula is C16H8BrCl2N3O4. The van der Waals surface area contributed by atoms with Crippen LogP contribution in [0.1, 0.15) is 5.56 Å². The number of nitriles is 1. The van der Waals surface area contributed by atoms with E-state index in [4.69, 9.17) is 23.2 Å². The number of phenols is 1. The molecule has 0 heterocycles. The van der Waals surface area contributed by atoms with Gasteiger partial charge in [-0.3, -0.25) is 14.9 Å². The molecule has 2 aromatic carbocycles. The van der Waals surface area contributed by atoms with Crippen molar-refractivity contribution in [1.82, 2.24) is 0 Å². The standard InChI is InChI=1S/C16H8BrCl2N3O4/c17-10-5-8(6-13(15(10)23)22(25)26)4-9(7-20)16(24)21-12-3-1-2-11(18)14(12)19/h1-6,23H,(H,21,24)/b9-4-. The Morgan fingerprint density at radius 2 is 2.08 bits per heavy atom. The van der Waals surface area contributed by atoms with E-state index in [-0.39, 0.29) is 31.3 Å². The first kappa shape index (κ1) is 19.7. The quantitative estimate of drug-likeness (QED) is 0.293. The van der Waals surface area contributed by atoms with Gasteiger partial charge in [0, 0.05) is 6.07 Å². The summed E-state index contributed by atoms with van der Waals surface area (Å²) in [6.45, 7) is 0. The van der Waals surface area contributed by atoms with Gasteiger partial charge in [-0.05, 0) is 45.8 Å². The van der Waals surface area contributed by atoms with Crippen LogP contribution >= 0.6 is 39.1 Å². The van der Waals surface area contributed by atoms with E-state index in [2.05, 4.69) is 21.2 Å². The highest BCUT2D eigenvalue weighted by atomic mass is 79.9. The average Bonchev–Trinajstić information content (AvgIpc) is 2.59. The number of nitro benzene ring substituents is 1. The lowest BCUT2D eigenvalue weighted by molar-refractivity contribution is -0.386. The zero-order chi connectivity index (χ0) is 19.4. The predicted molar refractivity (Wildman–Crippen MR) is 101 cm³/mol. The number of carbonyl (C=O) groups is 1. The minimum atomic E-state index is -0.782. The molecule has 26 heavy (non-hydrogen) atoms. The van der Waals surface area contributed by atoms with E-state index in [0.29, 0.717) is 0 Å². The molecule has 2 aromatic rings. The van der Waals surface area contributed by atoms with Gasteiger partial charge in [-0.15, -0.1) is 0 Å². The summed E-state index contributed by atoms with van der Waals surface area (Å²) < 4.78 is 0.0496. The highest BCUT2D eigenvalue weighted by molar-refractivity contribution is 9.10. The number of hydrogen-bond donors (Lipinski definition) is 2. The molecule has 0 fully saturated rings. The Hall–Kier alpha value is -2.60. The number of rotatable bonds is 4. The number of nitrogens with one attached hydrogen (secondary N) is 1. The van der Waals surface area contributed by atoms with E-state index in [0.717, 1.165) is 12.1 Å². The number of anilines is 1. The van der Waals surface area contributed by atoms with Crippen LogP contribution in [-0.2, 0) is 4.79 Å². The Morgan fingerprint density at radius 3 is 2.69 bits per heavy atom. The number of nitrogens with zero attached hydrogens (tertiary/aromatic N) is 2. The summed E-state index contributed by atoms with van der Waals surface area (Å²) in [6, 6.07) is 8.69. The summed E-state index contributed by atoms with van der Waals surface area (Å²) in [4.78, 5) is 22.5. The maximum atomic E-state index is 12.3. The van der Waals surface area contributed by atoms with E-state index in [1.165, 1.54) is 18.2 Å². The summed E-state index contributed by atoms with van der Waals surface area (Å²) >= 11 is 14.8. The zero-order valence-corrected chi connectivity index (χ0v) is 15.8. The largest absolute Gasteiger partial charge is 0.501 e. The van der Waals surface area contributed by atoms with Gasteiger partial charge in [-0.25, -0.2) is 0 Å². The second kappa shape index (κ2) is 8.19. The van der Waals surface area contributed by atoms with Crippen molar-refractivity contribution in [3.63, 3.8) is 0 Å². The van der Waals surface area contributed by atoms with Crippen LogP contribution < -0.4 is 5.32 Å². The lowest BCUT2D eigenvalue weighted by Gasteiger charge is -2.07. The van der Waals surface area contributed by atoms with Gasteiger partial charge < -0.3 is 10.4 Å². The predicted octanol–water partition coefficient (Wildman–Crippen LogP) is 4.92. The third-order valence-electron chi connectivity index (χ3n) is 3.14. The van der Waals surface area contributed by atoms with Gasteiger partial charge in [0.1, 0.15) is 11.6 Å². The minimum Gasteiger partial charge on any atom is -0.501 e. The number of benzene rings is 2. The molecule has 0 aliphatic rings. The van der Waals surface area contributed by atoms with Crippen LogP contribution in [0.25, 0.3) is 6.08 Å². The second-order valence-electron chi connectivity index (χ2n) is 4.85. The minimum absolute atomic E-state index is 0.0496. The van der Waals surface area contributed by atoms with Gasteiger partial charge in [0.25, 0.3) is 5.91 Å². The summed E-state index contributed by atoms with van der Waals surface area (Å²) in [5.41, 5.74) is -0.511. The van der Waals surface area contributed by atoms with Gasteiger partial charge in [0.05, 0.1) is 25.1 Å². The fourth-order valence-corrected chi connectivity index (χ4v) is 2.75. The molecule has 0 spiro atoms. The number of halogens is 3. The third-order valence-corrected chi connectivity index (χ3v) is 4.56. The Kier molecular flexibility index (Phi) is 6.21. The van der Waals surface area contributed by atoms with Crippen molar-refractivity contribution in [2.45, 2.75) is 0 Å². The summed E-state index contributed by atoms with van der Waals surface area (Å²) in [6.07, 6.45) is 1.14. The highest BCUT2D eigenvalue weighted by Crippen LogP contribution is 2.35. The second-order valence-corrected chi connectivity index (χ2v) is 6.49. The van der Waals surface area contributed by atoms with Crippen LogP contribution in [0.3, 0.4) is 0 Å². The lowest BCUT2D eigenvalue weighted by Crippen LogP contribution is -2.13. The van der Waals surface area contributed by atoms with Crippen LogP contribution in [0.5, 0.6) is 5.75 Å². The number of hydrogen-bond acceptors (Lipinski definition) is 5. The first-order valence-corrected chi connectivity index (χ1v) is 8.33. The molecule has 0 saturated heterocycles. The van der Waals surface area contributed by atoms with Gasteiger partial charge in [-0.1, -0.05) is 29.3 Å². The smallest absolute Gasteiger partial charge is 0.312 e. The molecule has 0 aliphatic heterocycles. The lowest BCUT2D eigenvalue weighted by atomic mass is 10.1. The number of phenolic OH excluding ortho intramolecular Hbond substituents is 1. The van der Waals surface area contributed by atoms with Crippen molar-refractivity contribution in [3.05, 3.63) is 66.1 Å². The van der Waals surface area contributed by atoms with Gasteiger partial charge in [0.15, 0.2) is 0 Å². The topological polar surface area (TPSA) is 116 Å². The molecule has 7 nitrogen and oxygen atoms in total. The molecule has 132 valence electrons. The summed E-state index contributed by atoms with van der Waals surface area (Å²) in [5, 5.41) is 32.6. The Bertz CT molecular complexity index is 986. The van der Waals surface area contributed by atoms with E-state index < -0.39 is 22.3 Å². The van der Waals surface area contributed by atoms with Crippen molar-refractivity contribution in [2.24, 2.45) is 0 Å².